The Balaban J connectivity index is 2.23. The normalized spacial score (nSPS) is 17.9. The van der Waals surface area contributed by atoms with Crippen molar-refractivity contribution in [1.82, 2.24) is 4.72 Å². The first-order valence-electron chi connectivity index (χ1n) is 7.04. The van der Waals surface area contributed by atoms with E-state index in [9.17, 15) is 12.8 Å². The molecule has 4 nitrogen and oxygen atoms in total. The summed E-state index contributed by atoms with van der Waals surface area (Å²) in [4.78, 5) is -0.0377. The molecule has 1 aromatic carbocycles. The van der Waals surface area contributed by atoms with Gasteiger partial charge in [-0.25, -0.2) is 17.5 Å². The van der Waals surface area contributed by atoms with E-state index in [1.54, 1.807) is 0 Å². The first-order chi connectivity index (χ1) is 9.54. The number of rotatable bonds is 4. The van der Waals surface area contributed by atoms with E-state index < -0.39 is 15.8 Å². The second-order valence-electron chi connectivity index (χ2n) is 5.23. The van der Waals surface area contributed by atoms with Crippen molar-refractivity contribution < 1.29 is 12.8 Å². The molecule has 6 heteroatoms. The molecule has 0 aliphatic heterocycles. The van der Waals surface area contributed by atoms with Gasteiger partial charge in [-0.1, -0.05) is 31.7 Å². The van der Waals surface area contributed by atoms with Crippen molar-refractivity contribution in [1.29, 1.82) is 0 Å². The van der Waals surface area contributed by atoms with Crippen LogP contribution < -0.4 is 10.5 Å². The molecule has 3 N–H and O–H groups in total. The number of hydrogen-bond acceptors (Lipinski definition) is 3. The maximum absolute atomic E-state index is 13.7. The molecule has 0 spiro atoms. The summed E-state index contributed by atoms with van der Waals surface area (Å²) in [6.07, 6.45) is 6.03. The molecule has 0 atom stereocenters. The SMILES string of the molecule is NCc1c(F)cccc1S(=O)(=O)NC1CCCCCC1. The minimum atomic E-state index is -3.71. The molecule has 20 heavy (non-hydrogen) atoms. The lowest BCUT2D eigenvalue weighted by molar-refractivity contribution is 0.508. The molecule has 112 valence electrons. The van der Waals surface area contributed by atoms with E-state index in [2.05, 4.69) is 4.72 Å². The molecule has 1 saturated carbocycles. The first-order valence-corrected chi connectivity index (χ1v) is 8.52. The van der Waals surface area contributed by atoms with Crippen molar-refractivity contribution in [2.24, 2.45) is 5.73 Å². The summed E-state index contributed by atoms with van der Waals surface area (Å²) in [5, 5.41) is 0. The Morgan fingerprint density at radius 1 is 1.20 bits per heavy atom. The van der Waals surface area contributed by atoms with Gasteiger partial charge in [-0.05, 0) is 25.0 Å². The predicted molar refractivity (Wildman–Crippen MR) is 76.1 cm³/mol. The lowest BCUT2D eigenvalue weighted by Crippen LogP contribution is -2.35. The van der Waals surface area contributed by atoms with Crippen LogP contribution in [0.25, 0.3) is 0 Å². The number of nitrogens with one attached hydrogen (secondary N) is 1. The zero-order valence-corrected chi connectivity index (χ0v) is 12.3. The molecule has 1 aliphatic carbocycles. The standard InChI is InChI=1S/C14H21FN2O2S/c15-13-8-5-9-14(12(13)10-16)20(18,19)17-11-6-3-1-2-4-7-11/h5,8-9,11,17H,1-4,6-7,10,16H2. The molecule has 0 amide bonds. The minimum absolute atomic E-state index is 0.0377. The van der Waals surface area contributed by atoms with E-state index in [-0.39, 0.29) is 23.0 Å². The van der Waals surface area contributed by atoms with Gasteiger partial charge in [0.05, 0.1) is 4.90 Å². The fourth-order valence-electron chi connectivity index (χ4n) is 2.67. The molecule has 0 radical (unpaired) electrons. The van der Waals surface area contributed by atoms with Crippen LogP contribution in [0.2, 0.25) is 0 Å². The summed E-state index contributed by atoms with van der Waals surface area (Å²) in [6.45, 7) is -0.131. The highest BCUT2D eigenvalue weighted by Gasteiger charge is 2.24. The van der Waals surface area contributed by atoms with Crippen LogP contribution in [0.15, 0.2) is 23.1 Å². The smallest absolute Gasteiger partial charge is 0.241 e. The number of nitrogens with two attached hydrogens (primary N) is 1. The van der Waals surface area contributed by atoms with Crippen molar-refractivity contribution in [3.8, 4) is 0 Å². The molecule has 1 fully saturated rings. The third kappa shape index (κ3) is 3.56. The topological polar surface area (TPSA) is 72.2 Å². The van der Waals surface area contributed by atoms with Crippen molar-refractivity contribution in [3.05, 3.63) is 29.6 Å². The average Bonchev–Trinajstić information content (AvgIpc) is 2.66. The van der Waals surface area contributed by atoms with Crippen LogP contribution in [0.1, 0.15) is 44.1 Å². The molecule has 0 saturated heterocycles. The van der Waals surface area contributed by atoms with Gasteiger partial charge in [0.15, 0.2) is 0 Å². The molecule has 2 rings (SSSR count). The first kappa shape index (κ1) is 15.4. The molecule has 1 aromatic rings. The third-order valence-corrected chi connectivity index (χ3v) is 5.35. The van der Waals surface area contributed by atoms with Crippen LogP contribution in [-0.4, -0.2) is 14.5 Å². The van der Waals surface area contributed by atoms with Crippen LogP contribution in [0, 0.1) is 5.82 Å². The molecular formula is C14H21FN2O2S. The number of benzene rings is 1. The van der Waals surface area contributed by atoms with Gasteiger partial charge >= 0.3 is 0 Å². The Bertz CT molecular complexity index is 552. The summed E-state index contributed by atoms with van der Waals surface area (Å²) in [7, 11) is -3.71. The van der Waals surface area contributed by atoms with Crippen LogP contribution in [-0.2, 0) is 16.6 Å². The summed E-state index contributed by atoms with van der Waals surface area (Å²) in [5.41, 5.74) is 5.52. The van der Waals surface area contributed by atoms with E-state index in [4.69, 9.17) is 5.73 Å². The van der Waals surface area contributed by atoms with Gasteiger partial charge in [0.25, 0.3) is 0 Å². The van der Waals surface area contributed by atoms with Gasteiger partial charge in [0.1, 0.15) is 5.82 Å². The van der Waals surface area contributed by atoms with Gasteiger partial charge in [-0.3, -0.25) is 0 Å². The summed E-state index contributed by atoms with van der Waals surface area (Å²) < 4.78 is 41.2. The fourth-order valence-corrected chi connectivity index (χ4v) is 4.23. The summed E-state index contributed by atoms with van der Waals surface area (Å²) in [6, 6.07) is 3.98. The molecule has 0 unspecified atom stereocenters. The highest BCUT2D eigenvalue weighted by molar-refractivity contribution is 7.89. The van der Waals surface area contributed by atoms with Gasteiger partial charge in [0, 0.05) is 18.2 Å². The van der Waals surface area contributed by atoms with Crippen LogP contribution in [0.5, 0.6) is 0 Å². The molecule has 0 aromatic heterocycles. The van der Waals surface area contributed by atoms with E-state index in [0.29, 0.717) is 0 Å². The zero-order valence-electron chi connectivity index (χ0n) is 11.4. The molecular weight excluding hydrogens is 279 g/mol. The van der Waals surface area contributed by atoms with E-state index >= 15 is 0 Å². The molecule has 1 aliphatic rings. The Morgan fingerprint density at radius 2 is 1.85 bits per heavy atom. The van der Waals surface area contributed by atoms with Crippen LogP contribution in [0.3, 0.4) is 0 Å². The molecule has 0 bridgehead atoms. The summed E-state index contributed by atoms with van der Waals surface area (Å²) in [5.74, 6) is -0.573. The van der Waals surface area contributed by atoms with Crippen molar-refractivity contribution in [3.63, 3.8) is 0 Å². The van der Waals surface area contributed by atoms with Crippen molar-refractivity contribution in [2.75, 3.05) is 0 Å². The number of halogens is 1. The Kier molecular flexibility index (Phi) is 5.12. The van der Waals surface area contributed by atoms with Gasteiger partial charge in [-0.2, -0.15) is 0 Å². The van der Waals surface area contributed by atoms with Gasteiger partial charge < -0.3 is 5.73 Å². The zero-order chi connectivity index (χ0) is 14.6. The Morgan fingerprint density at radius 3 is 2.45 bits per heavy atom. The quantitative estimate of drug-likeness (QED) is 0.838. The van der Waals surface area contributed by atoms with Crippen molar-refractivity contribution >= 4 is 10.0 Å². The predicted octanol–water partition coefficient (Wildman–Crippen LogP) is 2.29. The molecule has 0 heterocycles. The van der Waals surface area contributed by atoms with E-state index in [1.807, 2.05) is 0 Å². The maximum Gasteiger partial charge on any atom is 0.241 e. The lowest BCUT2D eigenvalue weighted by Gasteiger charge is -2.18. The largest absolute Gasteiger partial charge is 0.326 e. The van der Waals surface area contributed by atoms with E-state index in [0.717, 1.165) is 38.5 Å². The Hall–Kier alpha value is -0.980. The monoisotopic (exact) mass is 300 g/mol. The third-order valence-electron chi connectivity index (χ3n) is 3.75. The average molecular weight is 300 g/mol. The second kappa shape index (κ2) is 6.65. The highest BCUT2D eigenvalue weighted by atomic mass is 32.2. The number of sulfonamides is 1. The summed E-state index contributed by atoms with van der Waals surface area (Å²) >= 11 is 0. The Labute approximate surface area is 119 Å². The highest BCUT2D eigenvalue weighted by Crippen LogP contribution is 2.22. The van der Waals surface area contributed by atoms with Gasteiger partial charge in [0.2, 0.25) is 10.0 Å². The lowest BCUT2D eigenvalue weighted by atomic mass is 10.1. The minimum Gasteiger partial charge on any atom is -0.326 e. The number of hydrogen-bond donors (Lipinski definition) is 2. The maximum atomic E-state index is 13.7. The van der Waals surface area contributed by atoms with Crippen LogP contribution in [0.4, 0.5) is 4.39 Å². The fraction of sp³-hybridized carbons (Fsp3) is 0.571. The van der Waals surface area contributed by atoms with E-state index in [1.165, 1.54) is 18.2 Å². The van der Waals surface area contributed by atoms with Gasteiger partial charge in [-0.15, -0.1) is 0 Å². The van der Waals surface area contributed by atoms with Crippen molar-refractivity contribution in [2.45, 2.75) is 56.0 Å². The second-order valence-corrected chi connectivity index (χ2v) is 6.91. The van der Waals surface area contributed by atoms with Crippen LogP contribution >= 0.6 is 0 Å².